The predicted molar refractivity (Wildman–Crippen MR) is 128 cm³/mol. The van der Waals surface area contributed by atoms with Crippen LogP contribution in [0.2, 0.25) is 0 Å². The number of likely N-dealkylation sites (N-methyl/N-ethyl adjacent to an activating group) is 2. The maximum atomic E-state index is 13.2. The topological polar surface area (TPSA) is 53.0 Å². The predicted octanol–water partition coefficient (Wildman–Crippen LogP) is 3.32. The van der Waals surface area contributed by atoms with Gasteiger partial charge in [-0.15, -0.1) is 0 Å². The van der Waals surface area contributed by atoms with Gasteiger partial charge in [0.1, 0.15) is 11.9 Å². The minimum atomic E-state index is -0.831. The molecule has 2 heterocycles. The summed E-state index contributed by atoms with van der Waals surface area (Å²) in [4.78, 5) is 17.4. The molecule has 0 aromatic heterocycles. The second-order valence-corrected chi connectivity index (χ2v) is 10.5. The summed E-state index contributed by atoms with van der Waals surface area (Å²) in [6.45, 7) is 2.98. The molecule has 5 atom stereocenters. The van der Waals surface area contributed by atoms with Crippen LogP contribution in [0.4, 0.5) is 0 Å². The van der Waals surface area contributed by atoms with Gasteiger partial charge >= 0.3 is 0 Å². The fraction of sp³-hybridized carbons (Fsp3) is 0.464. The van der Waals surface area contributed by atoms with Crippen LogP contribution >= 0.6 is 0 Å². The highest BCUT2D eigenvalue weighted by molar-refractivity contribution is 5.92. The average Bonchev–Trinajstić information content (AvgIpc) is 3.14. The molecule has 2 aromatic rings. The third kappa shape index (κ3) is 2.75. The van der Waals surface area contributed by atoms with E-state index < -0.39 is 11.0 Å². The summed E-state index contributed by atoms with van der Waals surface area (Å²) < 4.78 is 6.64. The number of rotatable bonds is 3. The second kappa shape index (κ2) is 7.18. The second-order valence-electron chi connectivity index (χ2n) is 10.5. The van der Waals surface area contributed by atoms with Crippen LogP contribution in [-0.2, 0) is 16.6 Å². The van der Waals surface area contributed by atoms with Gasteiger partial charge in [-0.3, -0.25) is 4.79 Å². The van der Waals surface area contributed by atoms with Crippen molar-refractivity contribution in [2.75, 3.05) is 20.6 Å². The van der Waals surface area contributed by atoms with Crippen LogP contribution < -0.4 is 4.74 Å². The number of amides is 1. The van der Waals surface area contributed by atoms with E-state index in [2.05, 4.69) is 43.1 Å². The molecule has 4 aliphatic rings. The van der Waals surface area contributed by atoms with E-state index in [1.807, 2.05) is 36.2 Å². The Balaban J connectivity index is 1.36. The number of carbonyl (C=O) groups excluding carboxylic acids is 1. The number of piperidine rings is 1. The molecule has 0 unspecified atom stereocenters. The van der Waals surface area contributed by atoms with Gasteiger partial charge < -0.3 is 19.6 Å². The van der Waals surface area contributed by atoms with Crippen molar-refractivity contribution >= 4 is 12.0 Å². The molecule has 2 bridgehead atoms. The van der Waals surface area contributed by atoms with Crippen LogP contribution in [0.15, 0.2) is 48.5 Å². The van der Waals surface area contributed by atoms with Gasteiger partial charge in [-0.25, -0.2) is 0 Å². The lowest BCUT2D eigenvalue weighted by molar-refractivity contribution is -0.195. The molecule has 6 rings (SSSR count). The van der Waals surface area contributed by atoms with Gasteiger partial charge in [-0.1, -0.05) is 42.0 Å². The molecular weight excluding hydrogens is 412 g/mol. The monoisotopic (exact) mass is 444 g/mol. The maximum Gasteiger partial charge on any atom is 0.246 e. The number of likely N-dealkylation sites (tertiary alicyclic amines) is 1. The third-order valence-corrected chi connectivity index (χ3v) is 8.90. The minimum Gasteiger partial charge on any atom is -0.487 e. The molecule has 1 spiro atoms. The molecule has 2 aliphatic carbocycles. The number of ether oxygens (including phenoxy) is 1. The number of aryl methyl sites for hydroxylation is 1. The van der Waals surface area contributed by atoms with Gasteiger partial charge in [-0.2, -0.15) is 0 Å². The average molecular weight is 445 g/mol. The van der Waals surface area contributed by atoms with Gasteiger partial charge in [0.25, 0.3) is 0 Å². The van der Waals surface area contributed by atoms with E-state index in [9.17, 15) is 9.90 Å². The van der Waals surface area contributed by atoms with Gasteiger partial charge in [-0.05, 0) is 69.5 Å². The quantitative estimate of drug-likeness (QED) is 0.738. The number of nitrogens with zero attached hydrogens (tertiary/aromatic N) is 2. The number of aliphatic hydroxyl groups is 1. The Kier molecular flexibility index (Phi) is 4.56. The zero-order valence-electron chi connectivity index (χ0n) is 19.6. The van der Waals surface area contributed by atoms with E-state index in [0.29, 0.717) is 6.42 Å². The van der Waals surface area contributed by atoms with Crippen molar-refractivity contribution in [1.82, 2.24) is 9.80 Å². The molecule has 172 valence electrons. The van der Waals surface area contributed by atoms with Crippen LogP contribution in [0.5, 0.6) is 5.75 Å². The first-order valence-corrected chi connectivity index (χ1v) is 12.1. The Morgan fingerprint density at radius 3 is 2.88 bits per heavy atom. The zero-order chi connectivity index (χ0) is 23.0. The Labute approximate surface area is 195 Å². The Hall–Kier alpha value is -2.63. The van der Waals surface area contributed by atoms with Gasteiger partial charge in [0.2, 0.25) is 5.91 Å². The Bertz CT molecular complexity index is 1160. The number of hydrogen-bond donors (Lipinski definition) is 1. The number of carbonyl (C=O) groups is 1. The smallest absolute Gasteiger partial charge is 0.246 e. The fourth-order valence-electron chi connectivity index (χ4n) is 7.32. The van der Waals surface area contributed by atoms with E-state index >= 15 is 0 Å². The molecule has 1 saturated heterocycles. The molecule has 0 radical (unpaired) electrons. The lowest BCUT2D eigenvalue weighted by Crippen LogP contribution is -2.77. The van der Waals surface area contributed by atoms with Crippen molar-refractivity contribution in [2.24, 2.45) is 0 Å². The van der Waals surface area contributed by atoms with Gasteiger partial charge in [0.15, 0.2) is 0 Å². The maximum absolute atomic E-state index is 13.2. The molecule has 1 amide bonds. The normalized spacial score (nSPS) is 34.1. The summed E-state index contributed by atoms with van der Waals surface area (Å²) in [5.41, 5.74) is 3.42. The van der Waals surface area contributed by atoms with Crippen LogP contribution in [0.25, 0.3) is 6.08 Å². The van der Waals surface area contributed by atoms with Crippen LogP contribution in [0.3, 0.4) is 0 Å². The molecule has 5 nitrogen and oxygen atoms in total. The lowest BCUT2D eigenvalue weighted by atomic mass is 9.48. The zero-order valence-corrected chi connectivity index (χ0v) is 19.6. The van der Waals surface area contributed by atoms with Crippen LogP contribution in [0.1, 0.15) is 41.5 Å². The fourth-order valence-corrected chi connectivity index (χ4v) is 7.32. The highest BCUT2D eigenvalue weighted by Gasteiger charge is 2.72. The van der Waals surface area contributed by atoms with Crippen molar-refractivity contribution in [3.63, 3.8) is 0 Å². The number of hydrogen-bond acceptors (Lipinski definition) is 4. The van der Waals surface area contributed by atoms with Crippen LogP contribution in [-0.4, -0.2) is 65.2 Å². The molecule has 33 heavy (non-hydrogen) atoms. The summed E-state index contributed by atoms with van der Waals surface area (Å²) in [7, 11) is 4.02. The molecular formula is C28H32N2O3. The Morgan fingerprint density at radius 1 is 1.24 bits per heavy atom. The molecule has 2 aliphatic heterocycles. The first-order valence-electron chi connectivity index (χ1n) is 12.1. The van der Waals surface area contributed by atoms with Crippen molar-refractivity contribution in [1.29, 1.82) is 0 Å². The third-order valence-electron chi connectivity index (χ3n) is 8.90. The summed E-state index contributed by atoms with van der Waals surface area (Å²) in [6, 6.07) is 14.4. The van der Waals surface area contributed by atoms with E-state index in [-0.39, 0.29) is 24.1 Å². The van der Waals surface area contributed by atoms with Gasteiger partial charge in [0, 0.05) is 24.7 Å². The molecule has 1 saturated carbocycles. The largest absolute Gasteiger partial charge is 0.487 e. The SMILES string of the molecule is Cc1cccc(C=CC(=O)N(C)[C@@H]2CC[C@@]3(O)[C@H]4Cc5cccc6c5[C@@]3(CCN4C)[C@H]2O6)c1. The first kappa shape index (κ1) is 20.9. The number of benzene rings is 2. The molecule has 2 aromatic carbocycles. The summed E-state index contributed by atoms with van der Waals surface area (Å²) in [5, 5.41) is 12.3. The summed E-state index contributed by atoms with van der Waals surface area (Å²) in [5.74, 6) is 0.880. The standard InChI is InChI=1S/C28H32N2O3/c1-18-6-4-7-19(16-18)10-11-24(31)30(3)21-12-13-28(32)23-17-20-8-5-9-22-25(20)27(28,26(21)33-22)14-15-29(23)2/h4-11,16,21,23,26,32H,12-15,17H2,1-3H3/t21-,23-,26+,27+,28-/m1/s1. The molecule has 2 fully saturated rings. The molecule has 1 N–H and O–H groups in total. The van der Waals surface area contributed by atoms with E-state index in [1.165, 1.54) is 16.7 Å². The van der Waals surface area contributed by atoms with E-state index in [4.69, 9.17) is 4.74 Å². The molecule has 5 heteroatoms. The highest BCUT2D eigenvalue weighted by atomic mass is 16.5. The van der Waals surface area contributed by atoms with Crippen LogP contribution in [0, 0.1) is 6.92 Å². The van der Waals surface area contributed by atoms with Gasteiger partial charge in [0.05, 0.1) is 17.1 Å². The van der Waals surface area contributed by atoms with Crippen molar-refractivity contribution in [2.45, 2.75) is 61.8 Å². The minimum absolute atomic E-state index is 0.0246. The van der Waals surface area contributed by atoms with E-state index in [0.717, 1.165) is 37.1 Å². The summed E-state index contributed by atoms with van der Waals surface area (Å²) in [6.07, 6.45) is 6.44. The van der Waals surface area contributed by atoms with Crippen molar-refractivity contribution in [3.05, 3.63) is 70.8 Å². The van der Waals surface area contributed by atoms with Crippen molar-refractivity contribution in [3.8, 4) is 5.75 Å². The first-order chi connectivity index (χ1) is 15.8. The highest BCUT2D eigenvalue weighted by Crippen LogP contribution is 2.64. The van der Waals surface area contributed by atoms with E-state index in [1.54, 1.807) is 6.08 Å². The Morgan fingerprint density at radius 2 is 2.06 bits per heavy atom. The lowest BCUT2D eigenvalue weighted by Gasteiger charge is -2.64. The van der Waals surface area contributed by atoms with Crippen molar-refractivity contribution < 1.29 is 14.6 Å². The summed E-state index contributed by atoms with van der Waals surface area (Å²) >= 11 is 0.